The van der Waals surface area contributed by atoms with Gasteiger partial charge < -0.3 is 0 Å². The van der Waals surface area contributed by atoms with Crippen molar-refractivity contribution in [3.05, 3.63) is 93.0 Å². The molecule has 0 saturated heterocycles. The molecule has 2 heterocycles. The Bertz CT molecular complexity index is 1250. The molecule has 0 aliphatic carbocycles. The van der Waals surface area contributed by atoms with E-state index in [9.17, 15) is 9.59 Å². The van der Waals surface area contributed by atoms with E-state index in [-0.39, 0.29) is 16.9 Å². The van der Waals surface area contributed by atoms with E-state index in [4.69, 9.17) is 11.6 Å². The SMILES string of the molecule is Cn1c(SCc2ccc(C(=O)c3ccc(Cl)cc3)cc2)nc2nccnc2c1=O. The predicted molar refractivity (Wildman–Crippen MR) is 113 cm³/mol. The molecule has 0 fully saturated rings. The van der Waals surface area contributed by atoms with Crippen LogP contribution in [-0.4, -0.2) is 25.3 Å². The first kappa shape index (κ1) is 19.3. The maximum Gasteiger partial charge on any atom is 0.282 e. The van der Waals surface area contributed by atoms with E-state index in [1.807, 2.05) is 12.1 Å². The van der Waals surface area contributed by atoms with Gasteiger partial charge in [0.25, 0.3) is 5.56 Å². The lowest BCUT2D eigenvalue weighted by molar-refractivity contribution is 0.103. The Kier molecular flexibility index (Phi) is 5.42. The van der Waals surface area contributed by atoms with E-state index < -0.39 is 0 Å². The third-order valence-corrected chi connectivity index (χ3v) is 5.72. The zero-order valence-electron chi connectivity index (χ0n) is 15.4. The molecular weight excluding hydrogens is 408 g/mol. The summed E-state index contributed by atoms with van der Waals surface area (Å²) in [6.07, 6.45) is 2.99. The summed E-state index contributed by atoms with van der Waals surface area (Å²) in [5.74, 6) is 0.541. The van der Waals surface area contributed by atoms with Gasteiger partial charge >= 0.3 is 0 Å². The molecule has 2 aromatic heterocycles. The van der Waals surface area contributed by atoms with Gasteiger partial charge in [-0.1, -0.05) is 47.6 Å². The molecule has 0 unspecified atom stereocenters. The Morgan fingerprint density at radius 3 is 2.31 bits per heavy atom. The second kappa shape index (κ2) is 8.14. The van der Waals surface area contributed by atoms with Crippen molar-refractivity contribution >= 4 is 40.3 Å². The van der Waals surface area contributed by atoms with Gasteiger partial charge in [-0.15, -0.1) is 0 Å². The summed E-state index contributed by atoms with van der Waals surface area (Å²) in [4.78, 5) is 37.5. The highest BCUT2D eigenvalue weighted by Gasteiger charge is 2.12. The van der Waals surface area contributed by atoms with Crippen molar-refractivity contribution in [3.8, 4) is 0 Å². The molecule has 6 nitrogen and oxygen atoms in total. The molecule has 144 valence electrons. The van der Waals surface area contributed by atoms with Gasteiger partial charge in [-0.05, 0) is 29.8 Å². The summed E-state index contributed by atoms with van der Waals surface area (Å²) in [5.41, 5.74) is 2.57. The fourth-order valence-corrected chi connectivity index (χ4v) is 3.81. The third-order valence-electron chi connectivity index (χ3n) is 4.37. The molecule has 0 bridgehead atoms. The number of rotatable bonds is 5. The zero-order valence-corrected chi connectivity index (χ0v) is 16.9. The number of hydrogen-bond donors (Lipinski definition) is 0. The van der Waals surface area contributed by atoms with E-state index in [0.29, 0.717) is 32.7 Å². The molecule has 4 rings (SSSR count). The van der Waals surface area contributed by atoms with E-state index in [1.54, 1.807) is 43.4 Å². The Balaban J connectivity index is 1.50. The molecule has 0 saturated carbocycles. The predicted octanol–water partition coefficient (Wildman–Crippen LogP) is 3.90. The second-order valence-electron chi connectivity index (χ2n) is 6.31. The minimum atomic E-state index is -0.227. The molecule has 0 aliphatic heterocycles. The second-order valence-corrected chi connectivity index (χ2v) is 7.69. The maximum absolute atomic E-state index is 12.5. The first-order chi connectivity index (χ1) is 14.0. The monoisotopic (exact) mass is 422 g/mol. The van der Waals surface area contributed by atoms with Crippen LogP contribution in [0.3, 0.4) is 0 Å². The highest BCUT2D eigenvalue weighted by atomic mass is 35.5. The number of hydrogen-bond acceptors (Lipinski definition) is 6. The Morgan fingerprint density at radius 2 is 1.62 bits per heavy atom. The maximum atomic E-state index is 12.5. The Morgan fingerprint density at radius 1 is 1.00 bits per heavy atom. The van der Waals surface area contributed by atoms with E-state index in [2.05, 4.69) is 15.0 Å². The average molecular weight is 423 g/mol. The smallest absolute Gasteiger partial charge is 0.282 e. The van der Waals surface area contributed by atoms with Crippen LogP contribution in [0, 0.1) is 0 Å². The topological polar surface area (TPSA) is 77.7 Å². The van der Waals surface area contributed by atoms with Crippen LogP contribution in [-0.2, 0) is 12.8 Å². The van der Waals surface area contributed by atoms with Crippen LogP contribution in [0.15, 0.2) is 70.9 Å². The molecule has 0 aliphatic rings. The van der Waals surface area contributed by atoms with Crippen molar-refractivity contribution in [2.24, 2.45) is 7.05 Å². The fourth-order valence-electron chi connectivity index (χ4n) is 2.77. The normalized spacial score (nSPS) is 11.0. The lowest BCUT2D eigenvalue weighted by Gasteiger charge is -2.08. The molecule has 29 heavy (non-hydrogen) atoms. The van der Waals surface area contributed by atoms with Crippen LogP contribution < -0.4 is 5.56 Å². The summed E-state index contributed by atoms with van der Waals surface area (Å²) < 4.78 is 1.47. The zero-order chi connectivity index (χ0) is 20.4. The molecule has 0 N–H and O–H groups in total. The minimum absolute atomic E-state index is 0.0574. The number of carbonyl (C=O) groups excluding carboxylic acids is 1. The molecule has 8 heteroatoms. The largest absolute Gasteiger partial charge is 0.289 e. The average Bonchev–Trinajstić information content (AvgIpc) is 2.76. The molecule has 0 atom stereocenters. The van der Waals surface area contributed by atoms with Crippen LogP contribution >= 0.6 is 23.4 Å². The summed E-state index contributed by atoms with van der Waals surface area (Å²) >= 11 is 7.30. The van der Waals surface area contributed by atoms with Crippen molar-refractivity contribution in [2.75, 3.05) is 0 Å². The Labute approximate surface area is 175 Å². The van der Waals surface area contributed by atoms with E-state index in [1.165, 1.54) is 28.7 Å². The van der Waals surface area contributed by atoms with Crippen molar-refractivity contribution in [1.29, 1.82) is 0 Å². The fraction of sp³-hybridized carbons (Fsp3) is 0.0952. The van der Waals surface area contributed by atoms with Gasteiger partial charge in [-0.25, -0.2) is 15.0 Å². The number of ketones is 1. The minimum Gasteiger partial charge on any atom is -0.289 e. The van der Waals surface area contributed by atoms with Gasteiger partial charge in [0.15, 0.2) is 22.1 Å². The first-order valence-corrected chi connectivity index (χ1v) is 10.1. The number of thioether (sulfide) groups is 1. The number of fused-ring (bicyclic) bond motifs is 1. The van der Waals surface area contributed by atoms with Crippen molar-refractivity contribution in [1.82, 2.24) is 19.5 Å². The third kappa shape index (κ3) is 4.06. The van der Waals surface area contributed by atoms with Crippen LogP contribution in [0.2, 0.25) is 5.02 Å². The lowest BCUT2D eigenvalue weighted by Crippen LogP contribution is -2.21. The molecule has 2 aromatic carbocycles. The Hall–Kier alpha value is -3.03. The van der Waals surface area contributed by atoms with E-state index >= 15 is 0 Å². The molecule has 0 spiro atoms. The number of benzene rings is 2. The van der Waals surface area contributed by atoms with Gasteiger partial charge in [-0.3, -0.25) is 14.2 Å². The number of nitrogens with zero attached hydrogens (tertiary/aromatic N) is 4. The summed E-state index contributed by atoms with van der Waals surface area (Å²) in [6, 6.07) is 14.2. The summed E-state index contributed by atoms with van der Waals surface area (Å²) in [7, 11) is 1.67. The van der Waals surface area contributed by atoms with Crippen molar-refractivity contribution in [2.45, 2.75) is 10.9 Å². The van der Waals surface area contributed by atoms with Gasteiger partial charge in [-0.2, -0.15) is 0 Å². The first-order valence-electron chi connectivity index (χ1n) is 8.72. The van der Waals surface area contributed by atoms with Crippen molar-refractivity contribution in [3.63, 3.8) is 0 Å². The van der Waals surface area contributed by atoms with Crippen molar-refractivity contribution < 1.29 is 4.79 Å². The highest BCUT2D eigenvalue weighted by molar-refractivity contribution is 7.98. The summed E-state index contributed by atoms with van der Waals surface area (Å²) in [5, 5.41) is 1.15. The molecule has 4 aromatic rings. The summed E-state index contributed by atoms with van der Waals surface area (Å²) in [6.45, 7) is 0. The van der Waals surface area contributed by atoms with Crippen LogP contribution in [0.5, 0.6) is 0 Å². The molecule has 0 amide bonds. The van der Waals surface area contributed by atoms with E-state index in [0.717, 1.165) is 5.56 Å². The van der Waals surface area contributed by atoms with Gasteiger partial charge in [0.05, 0.1) is 0 Å². The lowest BCUT2D eigenvalue weighted by atomic mass is 10.0. The quantitative estimate of drug-likeness (QED) is 0.276. The molecular formula is C21H15ClN4O2S. The highest BCUT2D eigenvalue weighted by Crippen LogP contribution is 2.22. The van der Waals surface area contributed by atoms with Crippen LogP contribution in [0.25, 0.3) is 11.2 Å². The van der Waals surface area contributed by atoms with Gasteiger partial charge in [0.1, 0.15) is 0 Å². The number of aromatic nitrogens is 4. The standard InChI is InChI=1S/C21H15ClN4O2S/c1-26-20(28)17-19(24-11-10-23-17)25-21(26)29-12-13-2-4-14(5-3-13)18(27)15-6-8-16(22)9-7-15/h2-11H,12H2,1H3. The van der Waals surface area contributed by atoms with Crippen LogP contribution in [0.4, 0.5) is 0 Å². The van der Waals surface area contributed by atoms with Crippen LogP contribution in [0.1, 0.15) is 21.5 Å². The number of carbonyl (C=O) groups is 1. The number of halogens is 1. The van der Waals surface area contributed by atoms with Gasteiger partial charge in [0.2, 0.25) is 0 Å². The molecule has 0 radical (unpaired) electrons. The van der Waals surface area contributed by atoms with Gasteiger partial charge in [0, 0.05) is 41.3 Å².